The summed E-state index contributed by atoms with van der Waals surface area (Å²) in [6, 6.07) is 10.8. The first kappa shape index (κ1) is 23.9. The van der Waals surface area contributed by atoms with Crippen molar-refractivity contribution in [3.8, 4) is 0 Å². The number of amidine groups is 1. The number of aliphatic hydroxyl groups excluding tert-OH is 1. The highest BCUT2D eigenvalue weighted by Gasteiger charge is 2.39. The third kappa shape index (κ3) is 4.42. The lowest BCUT2D eigenvalue weighted by molar-refractivity contribution is -0.150. The molecule has 1 fully saturated rings. The number of nitrogens with one attached hydrogen (secondary N) is 1. The molecule has 0 unspecified atom stereocenters. The molecule has 10 heteroatoms. The minimum atomic E-state index is -1.69. The van der Waals surface area contributed by atoms with E-state index < -0.39 is 24.0 Å². The van der Waals surface area contributed by atoms with Crippen molar-refractivity contribution in [1.29, 1.82) is 0 Å². The number of hydrogen-bond donors (Lipinski definition) is 3. The summed E-state index contributed by atoms with van der Waals surface area (Å²) >= 11 is 0. The predicted molar refractivity (Wildman–Crippen MR) is 128 cm³/mol. The Morgan fingerprint density at radius 2 is 1.97 bits per heavy atom. The molecule has 0 spiro atoms. The van der Waals surface area contributed by atoms with Gasteiger partial charge < -0.3 is 25.8 Å². The van der Waals surface area contributed by atoms with Crippen molar-refractivity contribution in [2.45, 2.75) is 38.0 Å². The van der Waals surface area contributed by atoms with E-state index in [9.17, 15) is 19.5 Å². The SMILES string of the molecule is Cl.NC1=NCc2cc(NC(=O)[C@H](O)[C@H]3OCCN(c4ccc5c(c4)CC(=O)CC5)C3=O)ccc21. The number of halogens is 1. The molecule has 2 aromatic carbocycles. The van der Waals surface area contributed by atoms with Crippen molar-refractivity contribution in [2.75, 3.05) is 23.4 Å². The number of ketones is 1. The normalized spacial score (nSPS) is 20.1. The molecule has 0 bridgehead atoms. The summed E-state index contributed by atoms with van der Waals surface area (Å²) in [7, 11) is 0. The number of benzene rings is 2. The van der Waals surface area contributed by atoms with E-state index >= 15 is 0 Å². The quantitative estimate of drug-likeness (QED) is 0.595. The summed E-state index contributed by atoms with van der Waals surface area (Å²) in [5, 5.41) is 13.3. The molecule has 2 heterocycles. The highest BCUT2D eigenvalue weighted by molar-refractivity contribution is 6.05. The number of carbonyl (C=O) groups excluding carboxylic acids is 3. The number of nitrogens with zero attached hydrogens (tertiary/aromatic N) is 2. The summed E-state index contributed by atoms with van der Waals surface area (Å²) in [6.07, 6.45) is -1.42. The molecule has 0 aromatic heterocycles. The van der Waals surface area contributed by atoms with Gasteiger partial charge in [0.1, 0.15) is 11.6 Å². The number of carbonyl (C=O) groups is 3. The van der Waals surface area contributed by atoms with Gasteiger partial charge in [-0.05, 0) is 53.4 Å². The van der Waals surface area contributed by atoms with Gasteiger partial charge in [0.15, 0.2) is 12.2 Å². The molecule has 5 rings (SSSR count). The number of fused-ring (bicyclic) bond motifs is 2. The average Bonchev–Trinajstić information content (AvgIpc) is 3.18. The summed E-state index contributed by atoms with van der Waals surface area (Å²) in [4.78, 5) is 43.3. The van der Waals surface area contributed by atoms with Crippen LogP contribution in [0.15, 0.2) is 41.4 Å². The van der Waals surface area contributed by atoms with E-state index in [1.807, 2.05) is 18.2 Å². The van der Waals surface area contributed by atoms with Crippen LogP contribution in [-0.4, -0.2) is 53.9 Å². The van der Waals surface area contributed by atoms with Gasteiger partial charge in [0.25, 0.3) is 11.8 Å². The van der Waals surface area contributed by atoms with Crippen LogP contribution in [-0.2, 0) is 38.5 Å². The van der Waals surface area contributed by atoms with E-state index in [0.717, 1.165) is 22.3 Å². The molecule has 1 aliphatic carbocycles. The van der Waals surface area contributed by atoms with Crippen LogP contribution in [0, 0.1) is 0 Å². The topological polar surface area (TPSA) is 134 Å². The van der Waals surface area contributed by atoms with Crippen molar-refractivity contribution in [2.24, 2.45) is 10.7 Å². The standard InChI is InChI=1S/C24H24N4O5.ClH/c25-22-19-6-3-16(9-15(19)12-26-22)27-23(31)20(30)21-24(32)28(7-8-33-21)17-4-1-13-2-5-18(29)11-14(13)10-17;/h1,3-4,6,9-10,20-21,30H,2,5,7-8,11-12H2,(H2,25,26)(H,27,31);1H/t20-,21-;/m1./s1. The van der Waals surface area contributed by atoms with Gasteiger partial charge in [0.05, 0.1) is 13.2 Å². The van der Waals surface area contributed by atoms with Crippen LogP contribution >= 0.6 is 12.4 Å². The van der Waals surface area contributed by atoms with Crippen LogP contribution in [0.4, 0.5) is 11.4 Å². The van der Waals surface area contributed by atoms with Crippen molar-refractivity contribution < 1.29 is 24.2 Å². The van der Waals surface area contributed by atoms with Gasteiger partial charge in [-0.3, -0.25) is 19.4 Å². The number of anilines is 2. The van der Waals surface area contributed by atoms with Crippen molar-refractivity contribution in [3.05, 3.63) is 58.7 Å². The molecular weight excluding hydrogens is 460 g/mol. The van der Waals surface area contributed by atoms with Crippen LogP contribution in [0.25, 0.3) is 0 Å². The lowest BCUT2D eigenvalue weighted by Gasteiger charge is -2.34. The average molecular weight is 485 g/mol. The van der Waals surface area contributed by atoms with E-state index in [0.29, 0.717) is 49.6 Å². The Bertz CT molecular complexity index is 1200. The van der Waals surface area contributed by atoms with Gasteiger partial charge in [-0.15, -0.1) is 12.4 Å². The minimum absolute atomic E-state index is 0. The van der Waals surface area contributed by atoms with Crippen molar-refractivity contribution in [3.63, 3.8) is 0 Å². The number of rotatable bonds is 4. The highest BCUT2D eigenvalue weighted by Crippen LogP contribution is 2.27. The molecule has 2 atom stereocenters. The Balaban J connectivity index is 0.00000274. The smallest absolute Gasteiger partial charge is 0.259 e. The fraction of sp³-hybridized carbons (Fsp3) is 0.333. The maximum atomic E-state index is 13.1. The zero-order valence-electron chi connectivity index (χ0n) is 18.3. The highest BCUT2D eigenvalue weighted by atomic mass is 35.5. The van der Waals surface area contributed by atoms with Crippen LogP contribution in [0.2, 0.25) is 0 Å². The number of nitrogens with two attached hydrogens (primary N) is 1. The molecular formula is C24H25ClN4O5. The molecule has 178 valence electrons. The summed E-state index contributed by atoms with van der Waals surface area (Å²) in [5.74, 6) is -0.603. The molecule has 4 N–H and O–H groups in total. The fourth-order valence-electron chi connectivity index (χ4n) is 4.51. The molecule has 9 nitrogen and oxygen atoms in total. The third-order valence-electron chi connectivity index (χ3n) is 6.31. The van der Waals surface area contributed by atoms with E-state index in [2.05, 4.69) is 10.3 Å². The molecule has 2 amide bonds. The second-order valence-corrected chi connectivity index (χ2v) is 8.46. The number of amides is 2. The Kier molecular flexibility index (Phi) is 6.70. The predicted octanol–water partition coefficient (Wildman–Crippen LogP) is 1.12. The Morgan fingerprint density at radius 1 is 1.15 bits per heavy atom. The largest absolute Gasteiger partial charge is 0.383 e. The Labute approximate surface area is 202 Å². The summed E-state index contributed by atoms with van der Waals surface area (Å²) in [5.41, 5.74) is 10.6. The maximum Gasteiger partial charge on any atom is 0.259 e. The van der Waals surface area contributed by atoms with Gasteiger partial charge >= 0.3 is 0 Å². The first-order valence-electron chi connectivity index (χ1n) is 10.9. The number of Topliss-reactive ketones (excluding diaryl/α,β-unsaturated/α-hetero) is 1. The minimum Gasteiger partial charge on any atom is -0.383 e. The van der Waals surface area contributed by atoms with Gasteiger partial charge in [0.2, 0.25) is 0 Å². The molecule has 34 heavy (non-hydrogen) atoms. The van der Waals surface area contributed by atoms with Gasteiger partial charge in [-0.1, -0.05) is 6.07 Å². The molecule has 3 aliphatic rings. The van der Waals surface area contributed by atoms with Crippen LogP contribution < -0.4 is 16.0 Å². The third-order valence-corrected chi connectivity index (χ3v) is 6.31. The first-order valence-corrected chi connectivity index (χ1v) is 10.9. The molecule has 2 aromatic rings. The molecule has 0 radical (unpaired) electrons. The second kappa shape index (κ2) is 9.54. The Morgan fingerprint density at radius 3 is 2.79 bits per heavy atom. The Hall–Kier alpha value is -3.27. The fourth-order valence-corrected chi connectivity index (χ4v) is 4.51. The van der Waals surface area contributed by atoms with Gasteiger partial charge in [-0.25, -0.2) is 0 Å². The molecule has 1 saturated heterocycles. The zero-order valence-corrected chi connectivity index (χ0v) is 19.1. The first-order chi connectivity index (χ1) is 15.9. The monoisotopic (exact) mass is 484 g/mol. The number of aliphatic imine (C=N–C) groups is 1. The van der Waals surface area contributed by atoms with Crippen molar-refractivity contribution >= 4 is 47.2 Å². The van der Waals surface area contributed by atoms with Crippen LogP contribution in [0.5, 0.6) is 0 Å². The van der Waals surface area contributed by atoms with Gasteiger partial charge in [0, 0.05) is 36.3 Å². The number of morpholine rings is 1. The van der Waals surface area contributed by atoms with Gasteiger partial charge in [-0.2, -0.15) is 0 Å². The number of hydrogen-bond acceptors (Lipinski definition) is 7. The zero-order chi connectivity index (χ0) is 23.1. The lowest BCUT2D eigenvalue weighted by atomic mass is 9.90. The molecule has 0 saturated carbocycles. The van der Waals surface area contributed by atoms with E-state index in [4.69, 9.17) is 10.5 Å². The van der Waals surface area contributed by atoms with Crippen molar-refractivity contribution in [1.82, 2.24) is 0 Å². The van der Waals surface area contributed by atoms with Crippen LogP contribution in [0.1, 0.15) is 28.7 Å². The summed E-state index contributed by atoms with van der Waals surface area (Å²) < 4.78 is 5.49. The second-order valence-electron chi connectivity index (χ2n) is 8.46. The maximum absolute atomic E-state index is 13.1. The van der Waals surface area contributed by atoms with Crippen LogP contribution in [0.3, 0.4) is 0 Å². The number of aryl methyl sites for hydroxylation is 1. The molecule has 2 aliphatic heterocycles. The number of aliphatic hydroxyl groups is 1. The summed E-state index contributed by atoms with van der Waals surface area (Å²) in [6.45, 7) is 0.897. The van der Waals surface area contributed by atoms with E-state index in [1.54, 1.807) is 18.2 Å². The van der Waals surface area contributed by atoms with E-state index in [-0.39, 0.29) is 24.8 Å². The number of ether oxygens (including phenoxy) is 1. The lowest BCUT2D eigenvalue weighted by Crippen LogP contribution is -2.55. The van der Waals surface area contributed by atoms with E-state index in [1.165, 1.54) is 4.90 Å².